The third kappa shape index (κ3) is 5.76. The summed E-state index contributed by atoms with van der Waals surface area (Å²) < 4.78 is 25.8. The van der Waals surface area contributed by atoms with Crippen LogP contribution in [0.15, 0.2) is 38.2 Å². The van der Waals surface area contributed by atoms with E-state index in [9.17, 15) is 13.5 Å². The highest BCUT2D eigenvalue weighted by atomic mass is 32.2. The zero-order valence-electron chi connectivity index (χ0n) is 15.9. The number of nitrogens with one attached hydrogen (secondary N) is 2. The standard InChI is InChI=1S/C17H26N4O3S3/c1-5-18-16(20-12-17(2,22)13-8-9-25-11-13)19-10-14-6-7-15(26-14)27(23,24)21(3)4/h6-9,11,22H,5,10,12H2,1-4H3,(H2,18,19,20). The van der Waals surface area contributed by atoms with Gasteiger partial charge in [-0.15, -0.1) is 11.3 Å². The van der Waals surface area contributed by atoms with Gasteiger partial charge in [0.25, 0.3) is 10.0 Å². The third-order valence-corrected chi connectivity index (χ3v) is 7.89. The molecule has 0 saturated heterocycles. The summed E-state index contributed by atoms with van der Waals surface area (Å²) in [7, 11) is -0.393. The smallest absolute Gasteiger partial charge is 0.252 e. The highest BCUT2D eigenvalue weighted by molar-refractivity contribution is 7.91. The number of guanidine groups is 1. The number of rotatable bonds is 8. The molecule has 0 spiro atoms. The summed E-state index contributed by atoms with van der Waals surface area (Å²) in [6.07, 6.45) is 0. The van der Waals surface area contributed by atoms with Crippen molar-refractivity contribution in [3.05, 3.63) is 39.4 Å². The van der Waals surface area contributed by atoms with Crippen molar-refractivity contribution in [1.29, 1.82) is 0 Å². The van der Waals surface area contributed by atoms with Crippen molar-refractivity contribution in [2.75, 3.05) is 27.2 Å². The van der Waals surface area contributed by atoms with Crippen molar-refractivity contribution < 1.29 is 13.5 Å². The number of sulfonamides is 1. The van der Waals surface area contributed by atoms with E-state index >= 15 is 0 Å². The van der Waals surface area contributed by atoms with Crippen molar-refractivity contribution in [3.63, 3.8) is 0 Å². The molecule has 0 aliphatic heterocycles. The molecule has 0 fully saturated rings. The number of hydrogen-bond acceptors (Lipinski definition) is 6. The molecule has 2 rings (SSSR count). The van der Waals surface area contributed by atoms with Gasteiger partial charge in [0.1, 0.15) is 9.81 Å². The van der Waals surface area contributed by atoms with Gasteiger partial charge in [0, 0.05) is 25.5 Å². The quantitative estimate of drug-likeness (QED) is 0.440. The van der Waals surface area contributed by atoms with Crippen LogP contribution in [0.3, 0.4) is 0 Å². The molecule has 10 heteroatoms. The van der Waals surface area contributed by atoms with Crippen LogP contribution in [-0.2, 0) is 22.2 Å². The second-order valence-corrected chi connectivity index (χ2v) is 10.7. The molecule has 2 heterocycles. The average Bonchev–Trinajstić information content (AvgIpc) is 3.29. The van der Waals surface area contributed by atoms with Crippen LogP contribution in [0.2, 0.25) is 0 Å². The lowest BCUT2D eigenvalue weighted by Crippen LogP contribution is -2.44. The Morgan fingerprint density at radius 1 is 1.30 bits per heavy atom. The van der Waals surface area contributed by atoms with Gasteiger partial charge in [-0.2, -0.15) is 11.3 Å². The molecule has 7 nitrogen and oxygen atoms in total. The largest absolute Gasteiger partial charge is 0.384 e. The molecule has 0 bridgehead atoms. The van der Waals surface area contributed by atoms with Gasteiger partial charge in [-0.3, -0.25) is 0 Å². The lowest BCUT2D eigenvalue weighted by molar-refractivity contribution is 0.0621. The molecular formula is C17H26N4O3S3. The van der Waals surface area contributed by atoms with E-state index in [0.717, 1.165) is 10.4 Å². The Morgan fingerprint density at radius 3 is 2.63 bits per heavy atom. The van der Waals surface area contributed by atoms with E-state index in [1.165, 1.54) is 41.1 Å². The van der Waals surface area contributed by atoms with Crippen LogP contribution in [-0.4, -0.2) is 51.0 Å². The molecule has 0 saturated carbocycles. The number of hydrogen-bond donors (Lipinski definition) is 3. The Bertz CT molecular complexity index is 856. The number of aliphatic imine (C=N–C) groups is 1. The van der Waals surface area contributed by atoms with Crippen LogP contribution in [0.5, 0.6) is 0 Å². The Balaban J connectivity index is 2.04. The summed E-state index contributed by atoms with van der Waals surface area (Å²) in [6.45, 7) is 5.05. The van der Waals surface area contributed by atoms with Crippen LogP contribution < -0.4 is 10.6 Å². The van der Waals surface area contributed by atoms with Gasteiger partial charge in [0.15, 0.2) is 5.96 Å². The minimum absolute atomic E-state index is 0.302. The summed E-state index contributed by atoms with van der Waals surface area (Å²) in [4.78, 5) is 5.34. The number of nitrogens with zero attached hydrogens (tertiary/aromatic N) is 2. The Hall–Kier alpha value is -1.46. The second kappa shape index (κ2) is 9.16. The van der Waals surface area contributed by atoms with Crippen LogP contribution in [0.1, 0.15) is 24.3 Å². The molecule has 0 aromatic carbocycles. The molecule has 0 aliphatic carbocycles. The van der Waals surface area contributed by atoms with E-state index in [-0.39, 0.29) is 0 Å². The molecule has 0 radical (unpaired) electrons. The van der Waals surface area contributed by atoms with Gasteiger partial charge in [0.05, 0.1) is 13.1 Å². The molecule has 0 aliphatic rings. The molecular weight excluding hydrogens is 404 g/mol. The normalized spacial score (nSPS) is 15.0. The Kier molecular flexibility index (Phi) is 7.40. The molecule has 1 unspecified atom stereocenters. The van der Waals surface area contributed by atoms with Gasteiger partial charge in [-0.1, -0.05) is 0 Å². The summed E-state index contributed by atoms with van der Waals surface area (Å²) >= 11 is 2.75. The Labute approximate surface area is 168 Å². The molecule has 1 atom stereocenters. The first kappa shape index (κ1) is 21.8. The molecule has 3 N–H and O–H groups in total. The maximum Gasteiger partial charge on any atom is 0.252 e. The minimum Gasteiger partial charge on any atom is -0.384 e. The fourth-order valence-corrected chi connectivity index (χ4v) is 5.42. The van der Waals surface area contributed by atoms with E-state index < -0.39 is 15.6 Å². The topological polar surface area (TPSA) is 94.0 Å². The lowest BCUT2D eigenvalue weighted by atomic mass is 9.99. The van der Waals surface area contributed by atoms with Crippen molar-refractivity contribution in [1.82, 2.24) is 14.9 Å². The lowest BCUT2D eigenvalue weighted by Gasteiger charge is -2.24. The predicted octanol–water partition coefficient (Wildman–Crippen LogP) is 2.02. The van der Waals surface area contributed by atoms with Crippen molar-refractivity contribution in [2.24, 2.45) is 4.99 Å². The first-order valence-corrected chi connectivity index (χ1v) is 11.6. The van der Waals surface area contributed by atoms with E-state index in [1.807, 2.05) is 23.8 Å². The highest BCUT2D eigenvalue weighted by Gasteiger charge is 2.24. The summed E-state index contributed by atoms with van der Waals surface area (Å²) in [5.74, 6) is 0.568. The fraction of sp³-hybridized carbons (Fsp3) is 0.471. The average molecular weight is 431 g/mol. The number of aliphatic hydroxyl groups is 1. The van der Waals surface area contributed by atoms with E-state index in [2.05, 4.69) is 15.6 Å². The van der Waals surface area contributed by atoms with Crippen LogP contribution in [0, 0.1) is 0 Å². The SMILES string of the molecule is CCNC(=NCc1ccc(S(=O)(=O)N(C)C)s1)NCC(C)(O)c1ccsc1. The van der Waals surface area contributed by atoms with Crippen LogP contribution >= 0.6 is 22.7 Å². The zero-order chi connectivity index (χ0) is 20.1. The zero-order valence-corrected chi connectivity index (χ0v) is 18.3. The monoisotopic (exact) mass is 430 g/mol. The van der Waals surface area contributed by atoms with Gasteiger partial charge in [0.2, 0.25) is 0 Å². The van der Waals surface area contributed by atoms with Gasteiger partial charge < -0.3 is 15.7 Å². The van der Waals surface area contributed by atoms with Crippen molar-refractivity contribution in [2.45, 2.75) is 30.2 Å². The predicted molar refractivity (Wildman–Crippen MR) is 112 cm³/mol. The molecule has 0 amide bonds. The van der Waals surface area contributed by atoms with Crippen LogP contribution in [0.4, 0.5) is 0 Å². The third-order valence-electron chi connectivity index (χ3n) is 3.85. The van der Waals surface area contributed by atoms with E-state index in [1.54, 1.807) is 19.1 Å². The van der Waals surface area contributed by atoms with Crippen molar-refractivity contribution >= 4 is 38.7 Å². The summed E-state index contributed by atoms with van der Waals surface area (Å²) in [6, 6.07) is 5.27. The van der Waals surface area contributed by atoms with Gasteiger partial charge in [-0.25, -0.2) is 17.7 Å². The molecule has 27 heavy (non-hydrogen) atoms. The van der Waals surface area contributed by atoms with Gasteiger partial charge in [-0.05, 0) is 48.4 Å². The Morgan fingerprint density at radius 2 is 2.04 bits per heavy atom. The molecule has 150 valence electrons. The highest BCUT2D eigenvalue weighted by Crippen LogP contribution is 2.24. The summed E-state index contributed by atoms with van der Waals surface area (Å²) in [5, 5.41) is 20.7. The van der Waals surface area contributed by atoms with E-state index in [4.69, 9.17) is 0 Å². The minimum atomic E-state index is -3.42. The first-order valence-electron chi connectivity index (χ1n) is 8.45. The summed E-state index contributed by atoms with van der Waals surface area (Å²) in [5.41, 5.74) is -0.154. The van der Waals surface area contributed by atoms with Crippen molar-refractivity contribution in [3.8, 4) is 0 Å². The fourth-order valence-electron chi connectivity index (χ4n) is 2.19. The van der Waals surface area contributed by atoms with Crippen LogP contribution in [0.25, 0.3) is 0 Å². The van der Waals surface area contributed by atoms with E-state index in [0.29, 0.717) is 29.8 Å². The first-order chi connectivity index (χ1) is 12.7. The molecule has 2 aromatic heterocycles. The maximum atomic E-state index is 12.2. The second-order valence-electron chi connectivity index (χ2n) is 6.34. The number of thiophene rings is 2. The maximum absolute atomic E-state index is 12.2. The van der Waals surface area contributed by atoms with Gasteiger partial charge >= 0.3 is 0 Å². The molecule has 2 aromatic rings.